The van der Waals surface area contributed by atoms with Gasteiger partial charge in [0.25, 0.3) is 5.91 Å². The number of amides is 1. The zero-order valence-corrected chi connectivity index (χ0v) is 13.6. The predicted molar refractivity (Wildman–Crippen MR) is 85.1 cm³/mol. The summed E-state index contributed by atoms with van der Waals surface area (Å²) in [6, 6.07) is 7.52. The molecule has 5 nitrogen and oxygen atoms in total. The molecule has 23 heavy (non-hydrogen) atoms. The molecule has 2 rings (SSSR count). The van der Waals surface area contributed by atoms with Gasteiger partial charge in [0, 0.05) is 12.6 Å². The Kier molecular flexibility index (Phi) is 6.01. The summed E-state index contributed by atoms with van der Waals surface area (Å²) in [5.41, 5.74) is 0. The van der Waals surface area contributed by atoms with E-state index >= 15 is 0 Å². The average Bonchev–Trinajstić information content (AvgIpc) is 3.02. The fourth-order valence-electron chi connectivity index (χ4n) is 2.00. The number of carbonyl (C=O) groups excluding carboxylic acids is 1. The molecule has 7 heteroatoms. The first-order valence-corrected chi connectivity index (χ1v) is 7.39. The molecule has 0 radical (unpaired) electrons. The van der Waals surface area contributed by atoms with Crippen LogP contribution in [0.3, 0.4) is 0 Å². The standard InChI is InChI=1S/C16H18ClFN2O3/c1-20(2)14(15-4-3-7-22-15)9-19-16(21)10-23-11-5-6-13(18)12(17)8-11/h3-8,14H,9-10H2,1-2H3,(H,19,21). The summed E-state index contributed by atoms with van der Waals surface area (Å²) in [5, 5.41) is 2.73. The Morgan fingerprint density at radius 3 is 2.83 bits per heavy atom. The number of ether oxygens (including phenoxy) is 1. The maximum atomic E-state index is 13.0. The number of furan rings is 1. The molecule has 1 N–H and O–H groups in total. The van der Waals surface area contributed by atoms with Gasteiger partial charge in [-0.2, -0.15) is 0 Å². The summed E-state index contributed by atoms with van der Waals surface area (Å²) in [6.45, 7) is 0.202. The van der Waals surface area contributed by atoms with E-state index in [1.165, 1.54) is 18.2 Å². The van der Waals surface area contributed by atoms with E-state index in [9.17, 15) is 9.18 Å². The molecule has 1 aromatic heterocycles. The minimum absolute atomic E-state index is 0.0478. The minimum Gasteiger partial charge on any atom is -0.484 e. The van der Waals surface area contributed by atoms with Gasteiger partial charge in [0.1, 0.15) is 17.3 Å². The number of carbonyl (C=O) groups is 1. The largest absolute Gasteiger partial charge is 0.484 e. The van der Waals surface area contributed by atoms with E-state index in [0.717, 1.165) is 5.76 Å². The van der Waals surface area contributed by atoms with Crippen LogP contribution in [0, 0.1) is 5.82 Å². The average molecular weight is 341 g/mol. The molecule has 1 aromatic carbocycles. The van der Waals surface area contributed by atoms with E-state index in [4.69, 9.17) is 20.8 Å². The molecule has 0 saturated carbocycles. The summed E-state index contributed by atoms with van der Waals surface area (Å²) in [6.07, 6.45) is 1.59. The second-order valence-electron chi connectivity index (χ2n) is 5.16. The highest BCUT2D eigenvalue weighted by molar-refractivity contribution is 6.30. The van der Waals surface area contributed by atoms with Gasteiger partial charge in [0.15, 0.2) is 6.61 Å². The number of benzene rings is 1. The van der Waals surface area contributed by atoms with Gasteiger partial charge in [-0.15, -0.1) is 0 Å². The van der Waals surface area contributed by atoms with Gasteiger partial charge in [0.2, 0.25) is 0 Å². The van der Waals surface area contributed by atoms with Crippen molar-refractivity contribution in [3.63, 3.8) is 0 Å². The Hall–Kier alpha value is -2.05. The molecule has 0 bridgehead atoms. The van der Waals surface area contributed by atoms with E-state index in [1.54, 1.807) is 12.3 Å². The Morgan fingerprint density at radius 1 is 1.43 bits per heavy atom. The first-order valence-electron chi connectivity index (χ1n) is 7.01. The SMILES string of the molecule is CN(C)C(CNC(=O)COc1ccc(F)c(Cl)c1)c1ccco1. The zero-order valence-electron chi connectivity index (χ0n) is 12.9. The molecule has 0 aliphatic rings. The van der Waals surface area contributed by atoms with Crippen LogP contribution in [0.25, 0.3) is 0 Å². The summed E-state index contributed by atoms with van der Waals surface area (Å²) < 4.78 is 23.7. The Labute approximate surface area is 139 Å². The van der Waals surface area contributed by atoms with Gasteiger partial charge in [-0.1, -0.05) is 11.6 Å². The number of hydrogen-bond acceptors (Lipinski definition) is 4. The van der Waals surface area contributed by atoms with Gasteiger partial charge in [-0.05, 0) is 38.4 Å². The third-order valence-electron chi connectivity index (χ3n) is 3.25. The monoisotopic (exact) mass is 340 g/mol. The van der Waals surface area contributed by atoms with Crippen molar-refractivity contribution >= 4 is 17.5 Å². The third kappa shape index (κ3) is 4.97. The third-order valence-corrected chi connectivity index (χ3v) is 3.54. The van der Waals surface area contributed by atoms with Crippen LogP contribution in [0.1, 0.15) is 11.8 Å². The molecule has 1 atom stereocenters. The van der Waals surface area contributed by atoms with Crippen molar-refractivity contribution in [1.29, 1.82) is 0 Å². The molecule has 0 aliphatic heterocycles. The summed E-state index contributed by atoms with van der Waals surface area (Å²) >= 11 is 5.65. The van der Waals surface area contributed by atoms with Crippen molar-refractivity contribution < 1.29 is 18.3 Å². The molecule has 0 spiro atoms. The second-order valence-corrected chi connectivity index (χ2v) is 5.57. The highest BCUT2D eigenvalue weighted by Gasteiger charge is 2.17. The molecular formula is C16H18ClFN2O3. The van der Waals surface area contributed by atoms with Crippen molar-refractivity contribution in [2.45, 2.75) is 6.04 Å². The van der Waals surface area contributed by atoms with E-state index in [1.807, 2.05) is 25.1 Å². The van der Waals surface area contributed by atoms with Crippen LogP contribution in [0.4, 0.5) is 4.39 Å². The normalized spacial score (nSPS) is 12.2. The fourth-order valence-corrected chi connectivity index (χ4v) is 2.17. The number of nitrogens with zero attached hydrogens (tertiary/aromatic N) is 1. The summed E-state index contributed by atoms with van der Waals surface area (Å²) in [5.74, 6) is 0.280. The van der Waals surface area contributed by atoms with Gasteiger partial charge >= 0.3 is 0 Å². The van der Waals surface area contributed by atoms with Crippen LogP contribution in [-0.4, -0.2) is 38.1 Å². The molecule has 0 fully saturated rings. The van der Waals surface area contributed by atoms with Crippen molar-refractivity contribution in [3.05, 3.63) is 53.2 Å². The van der Waals surface area contributed by atoms with Gasteiger partial charge in [-0.25, -0.2) is 4.39 Å². The van der Waals surface area contributed by atoms with E-state index in [0.29, 0.717) is 12.3 Å². The smallest absolute Gasteiger partial charge is 0.258 e. The minimum atomic E-state index is -0.532. The van der Waals surface area contributed by atoms with E-state index in [-0.39, 0.29) is 23.6 Å². The Morgan fingerprint density at radius 2 is 2.22 bits per heavy atom. The van der Waals surface area contributed by atoms with Gasteiger partial charge < -0.3 is 14.5 Å². The lowest BCUT2D eigenvalue weighted by atomic mass is 10.2. The molecular weight excluding hydrogens is 323 g/mol. The quantitative estimate of drug-likeness (QED) is 0.842. The highest BCUT2D eigenvalue weighted by atomic mass is 35.5. The zero-order chi connectivity index (χ0) is 16.8. The van der Waals surface area contributed by atoms with Crippen LogP contribution in [0.5, 0.6) is 5.75 Å². The van der Waals surface area contributed by atoms with E-state index in [2.05, 4.69) is 5.32 Å². The van der Waals surface area contributed by atoms with Crippen molar-refractivity contribution in [3.8, 4) is 5.75 Å². The first kappa shape index (κ1) is 17.3. The molecule has 1 heterocycles. The van der Waals surface area contributed by atoms with Crippen molar-refractivity contribution in [2.75, 3.05) is 27.2 Å². The first-order chi connectivity index (χ1) is 11.0. The molecule has 0 saturated heterocycles. The molecule has 2 aromatic rings. The maximum absolute atomic E-state index is 13.0. The van der Waals surface area contributed by atoms with Gasteiger partial charge in [0.05, 0.1) is 17.3 Å². The number of halogens is 2. The summed E-state index contributed by atoms with van der Waals surface area (Å²) in [7, 11) is 3.80. The second kappa shape index (κ2) is 7.99. The van der Waals surface area contributed by atoms with Crippen LogP contribution in [-0.2, 0) is 4.79 Å². The number of likely N-dealkylation sites (N-methyl/N-ethyl adjacent to an activating group) is 1. The van der Waals surface area contributed by atoms with Crippen LogP contribution in [0.15, 0.2) is 41.0 Å². The predicted octanol–water partition coefficient (Wildman–Crippen LogP) is 2.87. The Balaban J connectivity index is 1.83. The lowest BCUT2D eigenvalue weighted by Gasteiger charge is -2.22. The van der Waals surface area contributed by atoms with Crippen molar-refractivity contribution in [2.24, 2.45) is 0 Å². The Bertz CT molecular complexity index is 647. The lowest BCUT2D eigenvalue weighted by Crippen LogP contribution is -2.36. The van der Waals surface area contributed by atoms with Gasteiger partial charge in [-0.3, -0.25) is 9.69 Å². The number of hydrogen-bond donors (Lipinski definition) is 1. The molecule has 0 aliphatic carbocycles. The number of nitrogens with one attached hydrogen (secondary N) is 1. The van der Waals surface area contributed by atoms with Crippen LogP contribution < -0.4 is 10.1 Å². The van der Waals surface area contributed by atoms with Crippen LogP contribution >= 0.6 is 11.6 Å². The lowest BCUT2D eigenvalue weighted by molar-refractivity contribution is -0.123. The number of rotatable bonds is 7. The fraction of sp³-hybridized carbons (Fsp3) is 0.312. The maximum Gasteiger partial charge on any atom is 0.258 e. The molecule has 124 valence electrons. The van der Waals surface area contributed by atoms with E-state index < -0.39 is 5.82 Å². The van der Waals surface area contributed by atoms with Crippen LogP contribution in [0.2, 0.25) is 5.02 Å². The molecule has 1 amide bonds. The topological polar surface area (TPSA) is 54.7 Å². The highest BCUT2D eigenvalue weighted by Crippen LogP contribution is 2.21. The summed E-state index contributed by atoms with van der Waals surface area (Å²) in [4.78, 5) is 13.8. The molecule has 1 unspecified atom stereocenters. The van der Waals surface area contributed by atoms with Crippen molar-refractivity contribution in [1.82, 2.24) is 10.2 Å².